The van der Waals surface area contributed by atoms with E-state index in [0.717, 1.165) is 5.56 Å². The Labute approximate surface area is 163 Å². The van der Waals surface area contributed by atoms with Crippen molar-refractivity contribution >= 4 is 17.9 Å². The predicted molar refractivity (Wildman–Crippen MR) is 102 cm³/mol. The van der Waals surface area contributed by atoms with E-state index in [0.29, 0.717) is 5.56 Å². The van der Waals surface area contributed by atoms with Gasteiger partial charge in [0.1, 0.15) is 6.61 Å². The monoisotopic (exact) mass is 379 g/mol. The van der Waals surface area contributed by atoms with E-state index in [-0.39, 0.29) is 26.0 Å². The Morgan fingerprint density at radius 1 is 1.00 bits per heavy atom. The molecule has 144 valence electrons. The first-order valence-electron chi connectivity index (χ1n) is 8.82. The molecule has 7 heteroatoms. The number of imide groups is 1. The molecule has 0 aliphatic heterocycles. The van der Waals surface area contributed by atoms with Crippen LogP contribution in [0.5, 0.6) is 0 Å². The number of carbonyl (C=O) groups is 3. The van der Waals surface area contributed by atoms with Crippen LogP contribution in [0.1, 0.15) is 28.8 Å². The third-order valence-electron chi connectivity index (χ3n) is 3.88. The molecule has 0 saturated heterocycles. The average molecular weight is 379 g/mol. The van der Waals surface area contributed by atoms with E-state index in [1.807, 2.05) is 36.4 Å². The van der Waals surface area contributed by atoms with Crippen LogP contribution in [-0.4, -0.2) is 24.5 Å². The largest absolute Gasteiger partial charge is 0.445 e. The lowest BCUT2D eigenvalue weighted by Crippen LogP contribution is -2.32. The van der Waals surface area contributed by atoms with Crippen LogP contribution in [0.4, 0.5) is 4.79 Å². The van der Waals surface area contributed by atoms with Crippen LogP contribution < -0.4 is 10.6 Å². The summed E-state index contributed by atoms with van der Waals surface area (Å²) in [6.45, 7) is 0.337. The smallest absolute Gasteiger partial charge is 0.407 e. The van der Waals surface area contributed by atoms with E-state index in [2.05, 4.69) is 10.6 Å². The van der Waals surface area contributed by atoms with Gasteiger partial charge in [0, 0.05) is 18.5 Å². The maximum absolute atomic E-state index is 12.0. The summed E-state index contributed by atoms with van der Waals surface area (Å²) in [4.78, 5) is 35.6. The molecule has 0 unspecified atom stereocenters. The van der Waals surface area contributed by atoms with Crippen molar-refractivity contribution in [3.8, 4) is 6.07 Å². The first-order valence-corrected chi connectivity index (χ1v) is 8.82. The van der Waals surface area contributed by atoms with Crippen molar-refractivity contribution in [2.75, 3.05) is 6.54 Å². The van der Waals surface area contributed by atoms with Crippen molar-refractivity contribution in [2.24, 2.45) is 5.92 Å². The van der Waals surface area contributed by atoms with Gasteiger partial charge in [-0.15, -0.1) is 0 Å². The Morgan fingerprint density at radius 3 is 2.29 bits per heavy atom. The summed E-state index contributed by atoms with van der Waals surface area (Å²) in [5.41, 5.74) is 1.24. The maximum atomic E-state index is 12.0. The molecule has 2 aromatic carbocycles. The van der Waals surface area contributed by atoms with Gasteiger partial charge in [0.2, 0.25) is 5.91 Å². The van der Waals surface area contributed by atoms with E-state index < -0.39 is 23.8 Å². The number of rotatable bonds is 8. The Kier molecular flexibility index (Phi) is 8.21. The Bertz CT molecular complexity index is 832. The Morgan fingerprint density at radius 2 is 1.64 bits per heavy atom. The van der Waals surface area contributed by atoms with Gasteiger partial charge in [-0.05, 0) is 24.1 Å². The summed E-state index contributed by atoms with van der Waals surface area (Å²) in [5, 5.41) is 14.0. The standard InChI is InChI=1S/C21H21N3O4/c22-14-17(13-19(25)24-20(26)18-9-5-2-6-10-18)11-12-23-21(27)28-15-16-7-3-1-4-8-16/h1-10,17H,11-13,15H2,(H,23,27)(H,24,25,26)/t17-/m1/s1. The third kappa shape index (κ3) is 7.30. The molecule has 0 radical (unpaired) electrons. The topological polar surface area (TPSA) is 108 Å². The molecule has 0 spiro atoms. The molecule has 7 nitrogen and oxygen atoms in total. The fourth-order valence-corrected chi connectivity index (χ4v) is 2.40. The van der Waals surface area contributed by atoms with Crippen molar-refractivity contribution in [3.05, 3.63) is 71.8 Å². The van der Waals surface area contributed by atoms with Crippen molar-refractivity contribution in [1.29, 1.82) is 5.26 Å². The van der Waals surface area contributed by atoms with Gasteiger partial charge in [-0.2, -0.15) is 5.26 Å². The zero-order valence-corrected chi connectivity index (χ0v) is 15.3. The molecule has 2 aromatic rings. The second-order valence-electron chi connectivity index (χ2n) is 6.05. The molecule has 3 amide bonds. The van der Waals surface area contributed by atoms with Crippen LogP contribution in [0.2, 0.25) is 0 Å². The number of benzene rings is 2. The van der Waals surface area contributed by atoms with Crippen molar-refractivity contribution in [2.45, 2.75) is 19.4 Å². The number of alkyl carbamates (subject to hydrolysis) is 1. The highest BCUT2D eigenvalue weighted by molar-refractivity contribution is 6.04. The molecule has 28 heavy (non-hydrogen) atoms. The molecule has 2 rings (SSSR count). The van der Waals surface area contributed by atoms with E-state index in [9.17, 15) is 19.6 Å². The minimum atomic E-state index is -0.627. The molecule has 0 heterocycles. The van der Waals surface area contributed by atoms with Gasteiger partial charge in [-0.1, -0.05) is 48.5 Å². The number of nitrogens with one attached hydrogen (secondary N) is 2. The zero-order chi connectivity index (χ0) is 20.2. The predicted octanol–water partition coefficient (Wildman–Crippen LogP) is 2.79. The molecular formula is C21H21N3O4. The maximum Gasteiger partial charge on any atom is 0.407 e. The lowest BCUT2D eigenvalue weighted by Gasteiger charge is -2.10. The quantitative estimate of drug-likeness (QED) is 0.733. The number of amides is 3. The van der Waals surface area contributed by atoms with Crippen molar-refractivity contribution in [3.63, 3.8) is 0 Å². The first-order chi connectivity index (χ1) is 13.6. The van der Waals surface area contributed by atoms with Crippen LogP contribution in [0.15, 0.2) is 60.7 Å². The number of nitrogens with zero attached hydrogens (tertiary/aromatic N) is 1. The van der Waals surface area contributed by atoms with E-state index >= 15 is 0 Å². The Balaban J connectivity index is 1.67. The molecule has 2 N–H and O–H groups in total. The van der Waals surface area contributed by atoms with Crippen LogP contribution >= 0.6 is 0 Å². The van der Waals surface area contributed by atoms with Crippen molar-refractivity contribution < 1.29 is 19.1 Å². The third-order valence-corrected chi connectivity index (χ3v) is 3.88. The van der Waals surface area contributed by atoms with E-state index in [1.54, 1.807) is 30.3 Å². The van der Waals surface area contributed by atoms with Gasteiger partial charge in [0.15, 0.2) is 0 Å². The fraction of sp³-hybridized carbons (Fsp3) is 0.238. The second kappa shape index (κ2) is 11.1. The molecule has 0 saturated carbocycles. The van der Waals surface area contributed by atoms with Gasteiger partial charge in [-0.25, -0.2) is 4.79 Å². The molecule has 0 aromatic heterocycles. The molecule has 0 bridgehead atoms. The highest BCUT2D eigenvalue weighted by atomic mass is 16.5. The summed E-state index contributed by atoms with van der Waals surface area (Å²) < 4.78 is 5.07. The van der Waals surface area contributed by atoms with Crippen molar-refractivity contribution in [1.82, 2.24) is 10.6 Å². The number of ether oxygens (including phenoxy) is 1. The highest BCUT2D eigenvalue weighted by Gasteiger charge is 2.16. The number of hydrogen-bond acceptors (Lipinski definition) is 5. The second-order valence-corrected chi connectivity index (χ2v) is 6.05. The molecule has 0 aliphatic carbocycles. The minimum Gasteiger partial charge on any atom is -0.445 e. The molecular weight excluding hydrogens is 358 g/mol. The van der Waals surface area contributed by atoms with Crippen LogP contribution in [0.3, 0.4) is 0 Å². The normalized spacial score (nSPS) is 11.0. The van der Waals surface area contributed by atoms with Gasteiger partial charge in [0.05, 0.1) is 12.0 Å². The fourth-order valence-electron chi connectivity index (χ4n) is 2.40. The van der Waals surface area contributed by atoms with E-state index in [4.69, 9.17) is 4.74 Å². The van der Waals surface area contributed by atoms with Crippen LogP contribution in [-0.2, 0) is 16.1 Å². The van der Waals surface area contributed by atoms with E-state index in [1.165, 1.54) is 0 Å². The van der Waals surface area contributed by atoms with Crippen LogP contribution in [0, 0.1) is 17.2 Å². The van der Waals surface area contributed by atoms with Gasteiger partial charge < -0.3 is 10.1 Å². The molecule has 1 atom stereocenters. The molecule has 0 fully saturated rings. The number of carbonyl (C=O) groups excluding carboxylic acids is 3. The first kappa shape index (κ1) is 20.6. The summed E-state index contributed by atoms with van der Waals surface area (Å²) in [6.07, 6.45) is -0.455. The number of hydrogen-bond donors (Lipinski definition) is 2. The highest BCUT2D eigenvalue weighted by Crippen LogP contribution is 2.07. The molecule has 0 aliphatic rings. The summed E-state index contributed by atoms with van der Waals surface area (Å²) >= 11 is 0. The lowest BCUT2D eigenvalue weighted by molar-refractivity contribution is -0.120. The summed E-state index contributed by atoms with van der Waals surface area (Å²) in [5.74, 6) is -1.67. The Hall–Kier alpha value is -3.66. The summed E-state index contributed by atoms with van der Waals surface area (Å²) in [6, 6.07) is 19.6. The SMILES string of the molecule is N#C[C@H](CCNC(=O)OCc1ccccc1)CC(=O)NC(=O)c1ccccc1. The minimum absolute atomic E-state index is 0.129. The summed E-state index contributed by atoms with van der Waals surface area (Å²) in [7, 11) is 0. The number of nitriles is 1. The lowest BCUT2D eigenvalue weighted by atomic mass is 10.0. The van der Waals surface area contributed by atoms with Crippen LogP contribution in [0.25, 0.3) is 0 Å². The van der Waals surface area contributed by atoms with Gasteiger partial charge >= 0.3 is 6.09 Å². The average Bonchev–Trinajstić information content (AvgIpc) is 2.72. The zero-order valence-electron chi connectivity index (χ0n) is 15.3. The van der Waals surface area contributed by atoms with Gasteiger partial charge in [0.25, 0.3) is 5.91 Å². The van der Waals surface area contributed by atoms with Gasteiger partial charge in [-0.3, -0.25) is 14.9 Å².